The monoisotopic (exact) mass is 266 g/mol. The highest BCUT2D eigenvalue weighted by atomic mass is 19.1. The van der Waals surface area contributed by atoms with Gasteiger partial charge in [-0.2, -0.15) is 0 Å². The van der Waals surface area contributed by atoms with E-state index in [1.54, 1.807) is 18.2 Å². The third-order valence-corrected chi connectivity index (χ3v) is 3.30. The van der Waals surface area contributed by atoms with E-state index in [2.05, 4.69) is 10.6 Å². The summed E-state index contributed by atoms with van der Waals surface area (Å²) in [4.78, 5) is 11.9. The van der Waals surface area contributed by atoms with Gasteiger partial charge in [0.15, 0.2) is 0 Å². The molecule has 1 aliphatic heterocycles. The van der Waals surface area contributed by atoms with Gasteiger partial charge in [-0.05, 0) is 31.4 Å². The van der Waals surface area contributed by atoms with Crippen molar-refractivity contribution in [3.8, 4) is 0 Å². The zero-order chi connectivity index (χ0) is 13.8. The first-order valence-corrected chi connectivity index (χ1v) is 6.51. The molecule has 1 aromatic carbocycles. The van der Waals surface area contributed by atoms with Gasteiger partial charge >= 0.3 is 0 Å². The molecule has 4 nitrogen and oxygen atoms in total. The molecule has 1 amide bonds. The van der Waals surface area contributed by atoms with E-state index in [0.717, 1.165) is 0 Å². The first-order valence-electron chi connectivity index (χ1n) is 6.51. The molecule has 1 fully saturated rings. The van der Waals surface area contributed by atoms with Crippen LogP contribution in [0.15, 0.2) is 24.3 Å². The maximum atomic E-state index is 13.5. The number of rotatable bonds is 4. The molecule has 0 saturated carbocycles. The number of benzene rings is 1. The average Bonchev–Trinajstić information content (AvgIpc) is 2.79. The summed E-state index contributed by atoms with van der Waals surface area (Å²) in [5.74, 6) is -0.390. The second-order valence-electron chi connectivity index (χ2n) is 5.06. The molecule has 3 N–H and O–H groups in total. The van der Waals surface area contributed by atoms with E-state index in [-0.39, 0.29) is 23.8 Å². The molecule has 1 aliphatic rings. The van der Waals surface area contributed by atoms with Gasteiger partial charge in [0, 0.05) is 12.6 Å². The molecule has 1 heterocycles. The van der Waals surface area contributed by atoms with Gasteiger partial charge in [0.05, 0.1) is 12.1 Å². The van der Waals surface area contributed by atoms with Crippen molar-refractivity contribution in [1.29, 1.82) is 0 Å². The number of hydrogen-bond donors (Lipinski definition) is 3. The molecule has 1 saturated heterocycles. The molecule has 1 aromatic rings. The topological polar surface area (TPSA) is 61.4 Å². The van der Waals surface area contributed by atoms with E-state index in [4.69, 9.17) is 0 Å². The lowest BCUT2D eigenvalue weighted by atomic mass is 10.1. The van der Waals surface area contributed by atoms with Crippen molar-refractivity contribution in [1.82, 2.24) is 10.6 Å². The van der Waals surface area contributed by atoms with Crippen LogP contribution in [0.3, 0.4) is 0 Å². The number of aliphatic hydroxyl groups is 1. The van der Waals surface area contributed by atoms with Gasteiger partial charge in [0.1, 0.15) is 5.82 Å². The molecule has 0 unspecified atom stereocenters. The molecule has 0 spiro atoms. The Labute approximate surface area is 112 Å². The predicted octanol–water partition coefficient (Wildman–Crippen LogP) is 0.596. The van der Waals surface area contributed by atoms with Gasteiger partial charge in [-0.25, -0.2) is 4.39 Å². The molecule has 5 heteroatoms. The number of nitrogens with one attached hydrogen (secondary N) is 2. The first-order chi connectivity index (χ1) is 9.06. The number of β-amino-alcohol motifs (C(OH)–C–C–N with tert-alkyl or cyclic N) is 1. The largest absolute Gasteiger partial charge is 0.392 e. The fourth-order valence-electron chi connectivity index (χ4n) is 2.31. The van der Waals surface area contributed by atoms with Gasteiger partial charge in [-0.3, -0.25) is 4.79 Å². The van der Waals surface area contributed by atoms with Crippen molar-refractivity contribution in [3.63, 3.8) is 0 Å². The Hall–Kier alpha value is -1.46. The minimum absolute atomic E-state index is 0.139. The molecule has 104 valence electrons. The second kappa shape index (κ2) is 6.12. The van der Waals surface area contributed by atoms with Crippen molar-refractivity contribution < 1.29 is 14.3 Å². The molecule has 0 bridgehead atoms. The van der Waals surface area contributed by atoms with Gasteiger partial charge in [0.25, 0.3) is 0 Å². The van der Waals surface area contributed by atoms with E-state index in [1.165, 1.54) is 6.07 Å². The van der Waals surface area contributed by atoms with Crippen LogP contribution in [0, 0.1) is 5.82 Å². The molecule has 2 rings (SSSR count). The van der Waals surface area contributed by atoms with E-state index in [1.807, 2.05) is 6.92 Å². The van der Waals surface area contributed by atoms with E-state index in [9.17, 15) is 14.3 Å². The normalized spacial score (nSPS) is 24.2. The number of halogens is 1. The summed E-state index contributed by atoms with van der Waals surface area (Å²) < 4.78 is 13.5. The maximum absolute atomic E-state index is 13.5. The Morgan fingerprint density at radius 1 is 1.58 bits per heavy atom. The zero-order valence-corrected chi connectivity index (χ0v) is 10.9. The summed E-state index contributed by atoms with van der Waals surface area (Å²) in [5.41, 5.74) is 0.592. The Kier molecular flexibility index (Phi) is 4.50. The van der Waals surface area contributed by atoms with Crippen LogP contribution in [0.5, 0.6) is 0 Å². The number of amides is 1. The summed E-state index contributed by atoms with van der Waals surface area (Å²) >= 11 is 0. The Bertz CT molecular complexity index is 453. The van der Waals surface area contributed by atoms with Crippen molar-refractivity contribution >= 4 is 5.91 Å². The van der Waals surface area contributed by atoms with Crippen molar-refractivity contribution in [2.45, 2.75) is 38.0 Å². The summed E-state index contributed by atoms with van der Waals surface area (Å²) in [5, 5.41) is 15.2. The van der Waals surface area contributed by atoms with Gasteiger partial charge in [-0.15, -0.1) is 0 Å². The van der Waals surface area contributed by atoms with Crippen LogP contribution < -0.4 is 10.6 Å². The molecular weight excluding hydrogens is 247 g/mol. The fraction of sp³-hybridized carbons (Fsp3) is 0.500. The molecular formula is C14H19FN2O2. The zero-order valence-electron chi connectivity index (χ0n) is 10.9. The van der Waals surface area contributed by atoms with Crippen LogP contribution in [0.2, 0.25) is 0 Å². The van der Waals surface area contributed by atoms with Gasteiger partial charge < -0.3 is 15.7 Å². The number of carbonyl (C=O) groups excluding carboxylic acids is 1. The molecule has 0 aliphatic carbocycles. The number of aliphatic hydroxyl groups excluding tert-OH is 1. The third kappa shape index (κ3) is 3.75. The van der Waals surface area contributed by atoms with Crippen molar-refractivity contribution in [2.24, 2.45) is 0 Å². The lowest BCUT2D eigenvalue weighted by Gasteiger charge is -2.17. The lowest BCUT2D eigenvalue weighted by Crippen LogP contribution is -2.44. The summed E-state index contributed by atoms with van der Waals surface area (Å²) in [6, 6.07) is 6.06. The van der Waals surface area contributed by atoms with Crippen LogP contribution in [-0.2, 0) is 11.2 Å². The molecule has 0 aromatic heterocycles. The quantitative estimate of drug-likeness (QED) is 0.748. The Balaban J connectivity index is 1.86. The van der Waals surface area contributed by atoms with Crippen molar-refractivity contribution in [2.75, 3.05) is 6.54 Å². The average molecular weight is 266 g/mol. The van der Waals surface area contributed by atoms with Crippen molar-refractivity contribution in [3.05, 3.63) is 35.6 Å². The van der Waals surface area contributed by atoms with Gasteiger partial charge in [0.2, 0.25) is 5.91 Å². The SMILES string of the molecule is C[C@H](Cc1ccccc1F)NC(=O)[C@H]1C[C@H](O)CN1. The van der Waals surface area contributed by atoms with Crippen LogP contribution in [0.1, 0.15) is 18.9 Å². The van der Waals surface area contributed by atoms with E-state index >= 15 is 0 Å². The Morgan fingerprint density at radius 3 is 2.95 bits per heavy atom. The highest BCUT2D eigenvalue weighted by Crippen LogP contribution is 2.10. The van der Waals surface area contributed by atoms with E-state index in [0.29, 0.717) is 24.9 Å². The van der Waals surface area contributed by atoms with Gasteiger partial charge in [-0.1, -0.05) is 18.2 Å². The van der Waals surface area contributed by atoms with Crippen LogP contribution in [0.4, 0.5) is 4.39 Å². The Morgan fingerprint density at radius 2 is 2.32 bits per heavy atom. The number of hydrogen-bond acceptors (Lipinski definition) is 3. The fourth-order valence-corrected chi connectivity index (χ4v) is 2.31. The molecule has 0 radical (unpaired) electrons. The highest BCUT2D eigenvalue weighted by molar-refractivity contribution is 5.82. The predicted molar refractivity (Wildman–Crippen MR) is 70.1 cm³/mol. The smallest absolute Gasteiger partial charge is 0.237 e. The van der Waals surface area contributed by atoms with Crippen LogP contribution in [-0.4, -0.2) is 35.7 Å². The molecule has 19 heavy (non-hydrogen) atoms. The summed E-state index contributed by atoms with van der Waals surface area (Å²) in [7, 11) is 0. The minimum Gasteiger partial charge on any atom is -0.392 e. The second-order valence-corrected chi connectivity index (χ2v) is 5.06. The minimum atomic E-state index is -0.461. The standard InChI is InChI=1S/C14H19FN2O2/c1-9(6-10-4-2-3-5-12(10)15)17-14(19)13-7-11(18)8-16-13/h2-5,9,11,13,16,18H,6-8H2,1H3,(H,17,19)/t9-,11+,13-/m1/s1. The summed E-state index contributed by atoms with van der Waals surface area (Å²) in [6.45, 7) is 2.29. The first kappa shape index (κ1) is 14.0. The maximum Gasteiger partial charge on any atom is 0.237 e. The number of carbonyl (C=O) groups is 1. The third-order valence-electron chi connectivity index (χ3n) is 3.30. The highest BCUT2D eigenvalue weighted by Gasteiger charge is 2.28. The molecule has 3 atom stereocenters. The van der Waals surface area contributed by atoms with E-state index < -0.39 is 6.10 Å². The van der Waals surface area contributed by atoms with Crippen LogP contribution in [0.25, 0.3) is 0 Å². The van der Waals surface area contributed by atoms with Crippen LogP contribution >= 0.6 is 0 Å². The summed E-state index contributed by atoms with van der Waals surface area (Å²) in [6.07, 6.45) is 0.420. The lowest BCUT2D eigenvalue weighted by molar-refractivity contribution is -0.123.